The Morgan fingerprint density at radius 2 is 1.91 bits per heavy atom. The van der Waals surface area contributed by atoms with E-state index in [-0.39, 0.29) is 23.9 Å². The lowest BCUT2D eigenvalue weighted by molar-refractivity contribution is -0.274. The monoisotopic (exact) mass is 334 g/mol. The molecule has 1 heterocycles. The lowest BCUT2D eigenvalue weighted by Crippen LogP contribution is -2.31. The molecular formula is C13H13F3N2O3S. The van der Waals surface area contributed by atoms with Gasteiger partial charge in [0, 0.05) is 18.7 Å². The van der Waals surface area contributed by atoms with Gasteiger partial charge in [0.2, 0.25) is 11.8 Å². The molecule has 0 aromatic heterocycles. The molecule has 1 aliphatic heterocycles. The first-order chi connectivity index (χ1) is 10.3. The van der Waals surface area contributed by atoms with E-state index in [0.717, 1.165) is 17.0 Å². The standard InChI is InChI=1S/C13H13F3N2O3S/c14-13(15,16)21-9-3-1-8(2-4-9)18-11(19)7-10(12(18)20)22-6-5-17/h1-4,10H,5-7,17H2. The molecule has 9 heteroatoms. The summed E-state index contributed by atoms with van der Waals surface area (Å²) in [5, 5.41) is -0.498. The van der Waals surface area contributed by atoms with Crippen molar-refractivity contribution in [1.82, 2.24) is 0 Å². The molecule has 120 valence electrons. The fourth-order valence-corrected chi connectivity index (χ4v) is 2.94. The highest BCUT2D eigenvalue weighted by molar-refractivity contribution is 8.00. The van der Waals surface area contributed by atoms with Crippen LogP contribution in [-0.4, -0.2) is 35.7 Å². The Morgan fingerprint density at radius 1 is 1.27 bits per heavy atom. The number of carbonyl (C=O) groups excluding carboxylic acids is 2. The second kappa shape index (κ2) is 6.57. The number of nitrogens with two attached hydrogens (primary N) is 1. The zero-order chi connectivity index (χ0) is 16.3. The summed E-state index contributed by atoms with van der Waals surface area (Å²) in [6, 6.07) is 4.60. The molecular weight excluding hydrogens is 321 g/mol. The Hall–Kier alpha value is -1.74. The number of carbonyl (C=O) groups is 2. The van der Waals surface area contributed by atoms with E-state index in [1.807, 2.05) is 0 Å². The van der Waals surface area contributed by atoms with Crippen molar-refractivity contribution in [3.63, 3.8) is 0 Å². The van der Waals surface area contributed by atoms with Crippen LogP contribution in [0.2, 0.25) is 0 Å². The number of alkyl halides is 3. The molecule has 1 aromatic rings. The van der Waals surface area contributed by atoms with Gasteiger partial charge in [0.15, 0.2) is 0 Å². The molecule has 2 N–H and O–H groups in total. The minimum absolute atomic E-state index is 0.0598. The molecule has 5 nitrogen and oxygen atoms in total. The number of benzene rings is 1. The number of halogens is 3. The van der Waals surface area contributed by atoms with Crippen LogP contribution in [0.4, 0.5) is 18.9 Å². The van der Waals surface area contributed by atoms with Gasteiger partial charge in [-0.2, -0.15) is 0 Å². The molecule has 2 amide bonds. The first-order valence-electron chi connectivity index (χ1n) is 6.36. The average molecular weight is 334 g/mol. The number of imide groups is 1. The van der Waals surface area contributed by atoms with Crippen molar-refractivity contribution < 1.29 is 27.5 Å². The van der Waals surface area contributed by atoms with Crippen molar-refractivity contribution in [2.75, 3.05) is 17.2 Å². The number of ether oxygens (including phenoxy) is 1. The first kappa shape index (κ1) is 16.6. The number of rotatable bonds is 5. The van der Waals surface area contributed by atoms with Crippen LogP contribution in [-0.2, 0) is 9.59 Å². The summed E-state index contributed by atoms with van der Waals surface area (Å²) in [7, 11) is 0. The van der Waals surface area contributed by atoms with Gasteiger partial charge in [-0.05, 0) is 24.3 Å². The van der Waals surface area contributed by atoms with Gasteiger partial charge in [-0.15, -0.1) is 24.9 Å². The Kier molecular flexibility index (Phi) is 4.97. The highest BCUT2D eigenvalue weighted by atomic mass is 32.2. The molecule has 1 saturated heterocycles. The number of nitrogens with zero attached hydrogens (tertiary/aromatic N) is 1. The zero-order valence-electron chi connectivity index (χ0n) is 11.3. The van der Waals surface area contributed by atoms with Gasteiger partial charge in [0.25, 0.3) is 0 Å². The minimum Gasteiger partial charge on any atom is -0.406 e. The number of thioether (sulfide) groups is 1. The molecule has 1 atom stereocenters. The van der Waals surface area contributed by atoms with Crippen molar-refractivity contribution in [2.45, 2.75) is 18.0 Å². The van der Waals surface area contributed by atoms with Gasteiger partial charge in [0.05, 0.1) is 10.9 Å². The summed E-state index contributed by atoms with van der Waals surface area (Å²) in [4.78, 5) is 25.1. The van der Waals surface area contributed by atoms with Gasteiger partial charge in [0.1, 0.15) is 5.75 Å². The summed E-state index contributed by atoms with van der Waals surface area (Å²) in [5.41, 5.74) is 5.59. The molecule has 1 aliphatic rings. The quantitative estimate of drug-likeness (QED) is 0.833. The van der Waals surface area contributed by atoms with Crippen molar-refractivity contribution in [3.05, 3.63) is 24.3 Å². The third kappa shape index (κ3) is 3.92. The van der Waals surface area contributed by atoms with E-state index in [2.05, 4.69) is 4.74 Å². The third-order valence-electron chi connectivity index (χ3n) is 2.87. The van der Waals surface area contributed by atoms with Crippen molar-refractivity contribution >= 4 is 29.3 Å². The number of hydrogen-bond acceptors (Lipinski definition) is 5. The number of anilines is 1. The van der Waals surface area contributed by atoms with Gasteiger partial charge < -0.3 is 10.5 Å². The Balaban J connectivity index is 2.11. The van der Waals surface area contributed by atoms with Gasteiger partial charge in [-0.1, -0.05) is 0 Å². The Bertz CT molecular complexity index is 563. The van der Waals surface area contributed by atoms with Crippen molar-refractivity contribution in [1.29, 1.82) is 0 Å². The molecule has 1 aromatic carbocycles. The topological polar surface area (TPSA) is 72.6 Å². The normalized spacial score (nSPS) is 18.9. The van der Waals surface area contributed by atoms with Crippen LogP contribution >= 0.6 is 11.8 Å². The Morgan fingerprint density at radius 3 is 2.45 bits per heavy atom. The van der Waals surface area contributed by atoms with E-state index < -0.39 is 17.4 Å². The SMILES string of the molecule is NCCSC1CC(=O)N(c2ccc(OC(F)(F)F)cc2)C1=O. The second-order valence-corrected chi connectivity index (χ2v) is 5.77. The summed E-state index contributed by atoms with van der Waals surface area (Å²) in [5.74, 6) is -0.628. The minimum atomic E-state index is -4.79. The fraction of sp³-hybridized carbons (Fsp3) is 0.385. The van der Waals surface area contributed by atoms with Gasteiger partial charge >= 0.3 is 6.36 Å². The van der Waals surface area contributed by atoms with Crippen LogP contribution in [0, 0.1) is 0 Å². The lowest BCUT2D eigenvalue weighted by atomic mass is 10.3. The molecule has 1 unspecified atom stereocenters. The highest BCUT2D eigenvalue weighted by Crippen LogP contribution is 2.31. The lowest BCUT2D eigenvalue weighted by Gasteiger charge is -2.16. The Labute approximate surface area is 128 Å². The molecule has 22 heavy (non-hydrogen) atoms. The molecule has 0 bridgehead atoms. The molecule has 0 aliphatic carbocycles. The van der Waals surface area contributed by atoms with Crippen molar-refractivity contribution in [2.24, 2.45) is 5.73 Å². The summed E-state index contributed by atoms with van der Waals surface area (Å²) in [6.45, 7) is 0.395. The largest absolute Gasteiger partial charge is 0.573 e. The summed E-state index contributed by atoms with van der Waals surface area (Å²) in [6.07, 6.45) is -4.73. The maximum absolute atomic E-state index is 12.2. The van der Waals surface area contributed by atoms with Crippen LogP contribution in [0.5, 0.6) is 5.75 Å². The van der Waals surface area contributed by atoms with E-state index in [1.165, 1.54) is 23.9 Å². The molecule has 2 rings (SSSR count). The summed E-state index contributed by atoms with van der Waals surface area (Å²) < 4.78 is 40.0. The fourth-order valence-electron chi connectivity index (χ4n) is 2.01. The molecule has 0 saturated carbocycles. The van der Waals surface area contributed by atoms with E-state index in [0.29, 0.717) is 12.3 Å². The van der Waals surface area contributed by atoms with Crippen LogP contribution in [0.3, 0.4) is 0 Å². The van der Waals surface area contributed by atoms with Crippen LogP contribution < -0.4 is 15.4 Å². The van der Waals surface area contributed by atoms with E-state index in [4.69, 9.17) is 5.73 Å². The van der Waals surface area contributed by atoms with Crippen LogP contribution in [0.25, 0.3) is 0 Å². The maximum atomic E-state index is 12.2. The predicted octanol–water partition coefficient (Wildman–Crippen LogP) is 1.91. The van der Waals surface area contributed by atoms with Crippen LogP contribution in [0.15, 0.2) is 24.3 Å². The van der Waals surface area contributed by atoms with Gasteiger partial charge in [-0.25, -0.2) is 4.90 Å². The maximum Gasteiger partial charge on any atom is 0.573 e. The van der Waals surface area contributed by atoms with E-state index >= 15 is 0 Å². The second-order valence-electron chi connectivity index (χ2n) is 4.46. The molecule has 0 radical (unpaired) electrons. The number of amides is 2. The van der Waals surface area contributed by atoms with Crippen LogP contribution in [0.1, 0.15) is 6.42 Å². The van der Waals surface area contributed by atoms with Crippen molar-refractivity contribution in [3.8, 4) is 5.75 Å². The third-order valence-corrected chi connectivity index (χ3v) is 4.11. The average Bonchev–Trinajstić information content (AvgIpc) is 2.71. The smallest absolute Gasteiger partial charge is 0.406 e. The highest BCUT2D eigenvalue weighted by Gasteiger charge is 2.39. The first-order valence-corrected chi connectivity index (χ1v) is 7.41. The summed E-state index contributed by atoms with van der Waals surface area (Å²) >= 11 is 1.29. The number of hydrogen-bond donors (Lipinski definition) is 1. The molecule has 0 spiro atoms. The van der Waals surface area contributed by atoms with E-state index in [1.54, 1.807) is 0 Å². The predicted molar refractivity (Wildman–Crippen MR) is 75.5 cm³/mol. The zero-order valence-corrected chi connectivity index (χ0v) is 12.1. The van der Waals surface area contributed by atoms with E-state index in [9.17, 15) is 22.8 Å². The van der Waals surface area contributed by atoms with Gasteiger partial charge in [-0.3, -0.25) is 9.59 Å². The molecule has 1 fully saturated rings.